The van der Waals surface area contributed by atoms with Crippen molar-refractivity contribution in [2.24, 2.45) is 0 Å². The molecule has 0 aromatic heterocycles. The van der Waals surface area contributed by atoms with Crippen LogP contribution in [0.15, 0.2) is 66.7 Å². The van der Waals surface area contributed by atoms with Crippen LogP contribution in [0.3, 0.4) is 0 Å². The number of hydrogen-bond donors (Lipinski definition) is 0. The summed E-state index contributed by atoms with van der Waals surface area (Å²) in [5.74, 6) is 0.281. The van der Waals surface area contributed by atoms with Gasteiger partial charge in [-0.25, -0.2) is 0 Å². The lowest BCUT2D eigenvalue weighted by Gasteiger charge is -2.19. The topological polar surface area (TPSA) is 34.1 Å². The van der Waals surface area contributed by atoms with Gasteiger partial charge >= 0.3 is 0 Å². The maximum atomic E-state index is 11.3. The van der Waals surface area contributed by atoms with E-state index in [0.29, 0.717) is 11.1 Å². The van der Waals surface area contributed by atoms with Crippen LogP contribution < -0.4 is 0 Å². The van der Waals surface area contributed by atoms with Gasteiger partial charge in [-0.15, -0.1) is 0 Å². The van der Waals surface area contributed by atoms with E-state index in [1.807, 2.05) is 36.4 Å². The summed E-state index contributed by atoms with van der Waals surface area (Å²) in [5.41, 5.74) is 7.20. The average Bonchev–Trinajstić information content (AvgIpc) is 2.84. The van der Waals surface area contributed by atoms with E-state index in [0.717, 1.165) is 36.5 Å². The fourth-order valence-electron chi connectivity index (χ4n) is 3.81. The summed E-state index contributed by atoms with van der Waals surface area (Å²) in [6, 6.07) is 22.3. The molecule has 0 heterocycles. The van der Waals surface area contributed by atoms with E-state index in [2.05, 4.69) is 30.3 Å². The van der Waals surface area contributed by atoms with Gasteiger partial charge in [0.25, 0.3) is 0 Å². The Morgan fingerprint density at radius 2 is 1.44 bits per heavy atom. The van der Waals surface area contributed by atoms with Crippen LogP contribution in [0.1, 0.15) is 49.7 Å². The Kier molecular flexibility index (Phi) is 4.02. The zero-order valence-corrected chi connectivity index (χ0v) is 13.8. The molecule has 0 saturated carbocycles. The molecule has 122 valence electrons. The van der Waals surface area contributed by atoms with Crippen molar-refractivity contribution in [3.05, 3.63) is 94.5 Å². The first kappa shape index (κ1) is 15.5. The molecule has 2 heteroatoms. The minimum atomic E-state index is 0.281. The molecule has 1 atom stereocenters. The lowest BCUT2D eigenvalue weighted by molar-refractivity contribution is 0.111. The third-order valence-corrected chi connectivity index (χ3v) is 5.05. The molecule has 25 heavy (non-hydrogen) atoms. The largest absolute Gasteiger partial charge is 0.298 e. The monoisotopic (exact) mass is 326 g/mol. The molecule has 0 unspecified atom stereocenters. The molecular weight excluding hydrogens is 308 g/mol. The molecule has 1 aliphatic carbocycles. The summed E-state index contributed by atoms with van der Waals surface area (Å²) < 4.78 is 0. The standard InChI is InChI=1S/C23H18O2/c24-14-16-6-8-19-9-11-20(18-4-2-1-3-5-18)21-10-7-17(15-25)13-23(21)22(19)12-16/h1-8,10,12-15,20H,9,11H2/t20-/m0/s1. The second-order valence-corrected chi connectivity index (χ2v) is 6.50. The molecule has 0 radical (unpaired) electrons. The van der Waals surface area contributed by atoms with Crippen molar-refractivity contribution in [2.75, 3.05) is 0 Å². The maximum absolute atomic E-state index is 11.3. The minimum absolute atomic E-state index is 0.281. The quantitative estimate of drug-likeness (QED) is 0.631. The van der Waals surface area contributed by atoms with Gasteiger partial charge in [0, 0.05) is 17.0 Å². The van der Waals surface area contributed by atoms with Crippen LogP contribution in [0.25, 0.3) is 11.1 Å². The van der Waals surface area contributed by atoms with Crippen LogP contribution >= 0.6 is 0 Å². The smallest absolute Gasteiger partial charge is 0.150 e. The van der Waals surface area contributed by atoms with Gasteiger partial charge in [0.2, 0.25) is 0 Å². The van der Waals surface area contributed by atoms with E-state index in [4.69, 9.17) is 0 Å². The Bertz CT molecular complexity index is 942. The zero-order chi connectivity index (χ0) is 17.2. The Hall–Kier alpha value is -3.00. The van der Waals surface area contributed by atoms with Crippen LogP contribution in [0.2, 0.25) is 0 Å². The number of hydrogen-bond acceptors (Lipinski definition) is 2. The maximum Gasteiger partial charge on any atom is 0.150 e. The van der Waals surface area contributed by atoms with Gasteiger partial charge in [0.1, 0.15) is 12.6 Å². The van der Waals surface area contributed by atoms with E-state index in [-0.39, 0.29) is 5.92 Å². The normalized spacial score (nSPS) is 15.6. The molecule has 3 aromatic rings. The number of carbonyl (C=O) groups is 2. The van der Waals surface area contributed by atoms with Gasteiger partial charge in [-0.05, 0) is 52.8 Å². The van der Waals surface area contributed by atoms with Crippen molar-refractivity contribution in [1.29, 1.82) is 0 Å². The van der Waals surface area contributed by atoms with Crippen LogP contribution in [0.4, 0.5) is 0 Å². The molecule has 0 saturated heterocycles. The molecule has 2 nitrogen and oxygen atoms in total. The van der Waals surface area contributed by atoms with E-state index in [9.17, 15) is 9.59 Å². The summed E-state index contributed by atoms with van der Waals surface area (Å²) in [6.07, 6.45) is 3.71. The Morgan fingerprint density at radius 3 is 2.16 bits per heavy atom. The van der Waals surface area contributed by atoms with E-state index < -0.39 is 0 Å². The van der Waals surface area contributed by atoms with Crippen molar-refractivity contribution in [3.63, 3.8) is 0 Å². The van der Waals surface area contributed by atoms with Crippen LogP contribution in [-0.4, -0.2) is 12.6 Å². The fraction of sp³-hybridized carbons (Fsp3) is 0.130. The van der Waals surface area contributed by atoms with Crippen LogP contribution in [0.5, 0.6) is 0 Å². The lowest BCUT2D eigenvalue weighted by atomic mass is 9.85. The average molecular weight is 326 g/mol. The third-order valence-electron chi connectivity index (χ3n) is 5.05. The first-order chi connectivity index (χ1) is 12.3. The van der Waals surface area contributed by atoms with Crippen molar-refractivity contribution in [3.8, 4) is 11.1 Å². The third kappa shape index (κ3) is 2.80. The first-order valence-electron chi connectivity index (χ1n) is 8.52. The molecular formula is C23H18O2. The number of aldehydes is 2. The second-order valence-electron chi connectivity index (χ2n) is 6.50. The number of fused-ring (bicyclic) bond motifs is 3. The summed E-state index contributed by atoms with van der Waals surface area (Å²) in [6.45, 7) is 0. The first-order valence-corrected chi connectivity index (χ1v) is 8.52. The summed E-state index contributed by atoms with van der Waals surface area (Å²) in [4.78, 5) is 22.6. The van der Waals surface area contributed by atoms with Crippen molar-refractivity contribution in [2.45, 2.75) is 18.8 Å². The molecule has 0 spiro atoms. The molecule has 3 aromatic carbocycles. The second kappa shape index (κ2) is 6.48. The van der Waals surface area contributed by atoms with Gasteiger partial charge in [0.15, 0.2) is 0 Å². The highest BCUT2D eigenvalue weighted by atomic mass is 16.1. The van der Waals surface area contributed by atoms with E-state index >= 15 is 0 Å². The zero-order valence-electron chi connectivity index (χ0n) is 13.8. The van der Waals surface area contributed by atoms with Gasteiger partial charge in [0.05, 0.1) is 0 Å². The van der Waals surface area contributed by atoms with Crippen LogP contribution in [0, 0.1) is 0 Å². The van der Waals surface area contributed by atoms with E-state index in [1.54, 1.807) is 0 Å². The molecule has 0 bridgehead atoms. The minimum Gasteiger partial charge on any atom is -0.298 e. The highest BCUT2D eigenvalue weighted by molar-refractivity contribution is 5.85. The van der Waals surface area contributed by atoms with E-state index in [1.165, 1.54) is 16.7 Å². The molecule has 0 fully saturated rings. The number of rotatable bonds is 3. The van der Waals surface area contributed by atoms with Crippen molar-refractivity contribution < 1.29 is 9.59 Å². The van der Waals surface area contributed by atoms with Gasteiger partial charge in [-0.3, -0.25) is 9.59 Å². The number of carbonyl (C=O) groups excluding carboxylic acids is 2. The lowest BCUT2D eigenvalue weighted by Crippen LogP contribution is -2.02. The summed E-state index contributed by atoms with van der Waals surface area (Å²) in [5, 5.41) is 0. The van der Waals surface area contributed by atoms with Gasteiger partial charge in [-0.2, -0.15) is 0 Å². The molecule has 0 amide bonds. The summed E-state index contributed by atoms with van der Waals surface area (Å²) >= 11 is 0. The van der Waals surface area contributed by atoms with Gasteiger partial charge < -0.3 is 0 Å². The Balaban J connectivity index is 1.96. The number of benzene rings is 3. The highest BCUT2D eigenvalue weighted by Gasteiger charge is 2.24. The predicted octanol–water partition coefficient (Wildman–Crippen LogP) is 5.06. The molecule has 0 aliphatic heterocycles. The van der Waals surface area contributed by atoms with Crippen molar-refractivity contribution >= 4 is 12.6 Å². The highest BCUT2D eigenvalue weighted by Crippen LogP contribution is 2.41. The number of aryl methyl sites for hydroxylation is 1. The predicted molar refractivity (Wildman–Crippen MR) is 99.3 cm³/mol. The molecule has 4 rings (SSSR count). The van der Waals surface area contributed by atoms with Crippen LogP contribution in [-0.2, 0) is 6.42 Å². The Labute approximate surface area is 147 Å². The SMILES string of the molecule is O=Cc1ccc2c(c1)-c1cc(C=O)ccc1[C@H](c1ccccc1)CC2. The van der Waals surface area contributed by atoms with Gasteiger partial charge in [-0.1, -0.05) is 54.6 Å². The summed E-state index contributed by atoms with van der Waals surface area (Å²) in [7, 11) is 0. The molecule has 0 N–H and O–H groups in total. The Morgan fingerprint density at radius 1 is 0.760 bits per heavy atom. The molecule has 1 aliphatic rings. The van der Waals surface area contributed by atoms with Crippen molar-refractivity contribution in [1.82, 2.24) is 0 Å². The fourth-order valence-corrected chi connectivity index (χ4v) is 3.81.